The fourth-order valence-electron chi connectivity index (χ4n) is 3.40. The van der Waals surface area contributed by atoms with Crippen LogP contribution in [0.2, 0.25) is 0 Å². The van der Waals surface area contributed by atoms with E-state index in [1.54, 1.807) is 13.8 Å². The molecule has 3 rings (SSSR count). The molecule has 146 valence electrons. The van der Waals surface area contributed by atoms with Gasteiger partial charge in [0.1, 0.15) is 17.2 Å². The predicted molar refractivity (Wildman–Crippen MR) is 98.4 cm³/mol. The van der Waals surface area contributed by atoms with E-state index >= 15 is 0 Å². The molecule has 1 atom stereocenters. The molecule has 1 unspecified atom stereocenters. The van der Waals surface area contributed by atoms with Crippen molar-refractivity contribution in [2.45, 2.75) is 45.1 Å². The lowest BCUT2D eigenvalue weighted by Gasteiger charge is -2.30. The average molecular weight is 392 g/mol. The largest absolute Gasteiger partial charge is 0.461 e. The second kappa shape index (κ2) is 7.82. The number of aryl methyl sites for hydroxylation is 3. The first kappa shape index (κ1) is 19.6. The number of rotatable bonds is 5. The third-order valence-corrected chi connectivity index (χ3v) is 6.86. The molecule has 2 aromatic rings. The Bertz CT molecular complexity index is 916. The van der Waals surface area contributed by atoms with Crippen LogP contribution in [0.5, 0.6) is 0 Å². The highest BCUT2D eigenvalue weighted by Crippen LogP contribution is 2.28. The number of carbonyl (C=O) groups excluding carboxylic acids is 1. The number of hydrogen-bond acceptors (Lipinski definition) is 6. The SMILES string of the molecule is Cc1cccc(COC(=O)C2CCCN(S(=O)(=O)c3c(C)noc3C)C2)c1. The van der Waals surface area contributed by atoms with Crippen LogP contribution < -0.4 is 0 Å². The van der Waals surface area contributed by atoms with E-state index < -0.39 is 15.9 Å². The molecule has 0 N–H and O–H groups in total. The quantitative estimate of drug-likeness (QED) is 0.727. The van der Waals surface area contributed by atoms with E-state index in [1.807, 2.05) is 31.2 Å². The summed E-state index contributed by atoms with van der Waals surface area (Å²) >= 11 is 0. The maximum atomic E-state index is 12.9. The van der Waals surface area contributed by atoms with E-state index in [4.69, 9.17) is 9.26 Å². The van der Waals surface area contributed by atoms with Crippen molar-refractivity contribution >= 4 is 16.0 Å². The van der Waals surface area contributed by atoms with Gasteiger partial charge in [-0.2, -0.15) is 4.31 Å². The number of benzene rings is 1. The standard InChI is InChI=1S/C19H24N2O5S/c1-13-6-4-7-16(10-13)12-25-19(22)17-8-5-9-21(11-17)27(23,24)18-14(2)20-26-15(18)3/h4,6-7,10,17H,5,8-9,11-12H2,1-3H3. The summed E-state index contributed by atoms with van der Waals surface area (Å²) in [5, 5.41) is 3.73. The fourth-order valence-corrected chi connectivity index (χ4v) is 5.21. The predicted octanol–water partition coefficient (Wildman–Crippen LogP) is 2.74. The highest BCUT2D eigenvalue weighted by atomic mass is 32.2. The number of nitrogens with zero attached hydrogens (tertiary/aromatic N) is 2. The zero-order chi connectivity index (χ0) is 19.6. The molecule has 1 aliphatic rings. The minimum absolute atomic E-state index is 0.0938. The summed E-state index contributed by atoms with van der Waals surface area (Å²) in [5.41, 5.74) is 2.34. The molecule has 1 aromatic heterocycles. The van der Waals surface area contributed by atoms with Crippen molar-refractivity contribution in [3.05, 3.63) is 46.8 Å². The molecule has 0 bridgehead atoms. The maximum Gasteiger partial charge on any atom is 0.310 e. The van der Waals surface area contributed by atoms with Gasteiger partial charge in [0.15, 0.2) is 5.76 Å². The smallest absolute Gasteiger partial charge is 0.310 e. The first-order valence-corrected chi connectivity index (χ1v) is 10.4. The van der Waals surface area contributed by atoms with Crippen LogP contribution in [0.4, 0.5) is 0 Å². The highest BCUT2D eigenvalue weighted by Gasteiger charge is 2.37. The van der Waals surface area contributed by atoms with Gasteiger partial charge in [0, 0.05) is 13.1 Å². The number of hydrogen-bond donors (Lipinski definition) is 0. The zero-order valence-corrected chi connectivity index (χ0v) is 16.6. The van der Waals surface area contributed by atoms with Crippen molar-refractivity contribution in [3.63, 3.8) is 0 Å². The lowest BCUT2D eigenvalue weighted by atomic mass is 10.00. The third kappa shape index (κ3) is 4.22. The molecule has 0 saturated carbocycles. The monoisotopic (exact) mass is 392 g/mol. The molecule has 1 saturated heterocycles. The van der Waals surface area contributed by atoms with Crippen LogP contribution >= 0.6 is 0 Å². The van der Waals surface area contributed by atoms with Gasteiger partial charge in [-0.05, 0) is 39.2 Å². The second-order valence-electron chi connectivity index (χ2n) is 6.95. The van der Waals surface area contributed by atoms with Crippen molar-refractivity contribution in [1.29, 1.82) is 0 Å². The minimum Gasteiger partial charge on any atom is -0.461 e. The van der Waals surface area contributed by atoms with Crippen molar-refractivity contribution in [1.82, 2.24) is 9.46 Å². The molecule has 7 nitrogen and oxygen atoms in total. The van der Waals surface area contributed by atoms with Crippen LogP contribution in [0, 0.1) is 26.7 Å². The molecule has 1 aliphatic heterocycles. The molecular formula is C19H24N2O5S. The van der Waals surface area contributed by atoms with E-state index in [2.05, 4.69) is 5.16 Å². The Balaban J connectivity index is 1.67. The Hall–Kier alpha value is -2.19. The number of sulfonamides is 1. The van der Waals surface area contributed by atoms with E-state index in [0.717, 1.165) is 11.1 Å². The summed E-state index contributed by atoms with van der Waals surface area (Å²) in [6.45, 7) is 5.82. The highest BCUT2D eigenvalue weighted by molar-refractivity contribution is 7.89. The van der Waals surface area contributed by atoms with Crippen LogP contribution in [0.3, 0.4) is 0 Å². The first-order chi connectivity index (χ1) is 12.8. The molecule has 0 radical (unpaired) electrons. The molecule has 0 spiro atoms. The van der Waals surface area contributed by atoms with Gasteiger partial charge in [-0.25, -0.2) is 8.42 Å². The van der Waals surface area contributed by atoms with Gasteiger partial charge in [-0.3, -0.25) is 4.79 Å². The molecular weight excluding hydrogens is 368 g/mol. The molecule has 0 amide bonds. The Morgan fingerprint density at radius 3 is 2.78 bits per heavy atom. The Kier molecular flexibility index (Phi) is 5.67. The molecule has 27 heavy (non-hydrogen) atoms. The van der Waals surface area contributed by atoms with Crippen LogP contribution in [-0.4, -0.2) is 36.9 Å². The first-order valence-electron chi connectivity index (χ1n) is 8.94. The van der Waals surface area contributed by atoms with Gasteiger partial charge in [0.25, 0.3) is 0 Å². The summed E-state index contributed by atoms with van der Waals surface area (Å²) in [5.74, 6) is -0.578. The molecule has 1 aromatic carbocycles. The van der Waals surface area contributed by atoms with Gasteiger partial charge in [0.05, 0.1) is 5.92 Å². The zero-order valence-electron chi connectivity index (χ0n) is 15.8. The maximum absolute atomic E-state index is 12.9. The Labute approximate surface area is 159 Å². The van der Waals surface area contributed by atoms with E-state index in [1.165, 1.54) is 4.31 Å². The molecule has 1 fully saturated rings. The van der Waals surface area contributed by atoms with Gasteiger partial charge < -0.3 is 9.26 Å². The summed E-state index contributed by atoms with van der Waals surface area (Å²) in [6, 6.07) is 7.75. The van der Waals surface area contributed by atoms with E-state index in [-0.39, 0.29) is 29.8 Å². The van der Waals surface area contributed by atoms with Crippen molar-refractivity contribution < 1.29 is 22.5 Å². The van der Waals surface area contributed by atoms with Gasteiger partial charge in [-0.1, -0.05) is 35.0 Å². The minimum atomic E-state index is -3.75. The number of piperidine rings is 1. The summed E-state index contributed by atoms with van der Waals surface area (Å²) in [7, 11) is -3.75. The van der Waals surface area contributed by atoms with Crippen molar-refractivity contribution in [3.8, 4) is 0 Å². The molecule has 2 heterocycles. The van der Waals surface area contributed by atoms with Gasteiger partial charge in [0.2, 0.25) is 10.0 Å². The van der Waals surface area contributed by atoms with Gasteiger partial charge >= 0.3 is 5.97 Å². The lowest BCUT2D eigenvalue weighted by Crippen LogP contribution is -2.43. The Morgan fingerprint density at radius 2 is 2.11 bits per heavy atom. The van der Waals surface area contributed by atoms with Crippen LogP contribution in [0.25, 0.3) is 0 Å². The number of esters is 1. The van der Waals surface area contributed by atoms with Crippen LogP contribution in [0.1, 0.15) is 35.4 Å². The lowest BCUT2D eigenvalue weighted by molar-refractivity contribution is -0.151. The van der Waals surface area contributed by atoms with Crippen molar-refractivity contribution in [2.75, 3.05) is 13.1 Å². The summed E-state index contributed by atoms with van der Waals surface area (Å²) < 4.78 is 37.7. The second-order valence-corrected chi connectivity index (χ2v) is 8.83. The number of ether oxygens (including phenoxy) is 1. The van der Waals surface area contributed by atoms with Crippen molar-refractivity contribution in [2.24, 2.45) is 5.92 Å². The molecule has 0 aliphatic carbocycles. The fraction of sp³-hybridized carbons (Fsp3) is 0.474. The van der Waals surface area contributed by atoms with Gasteiger partial charge in [-0.15, -0.1) is 0 Å². The summed E-state index contributed by atoms with van der Waals surface area (Å²) in [4.78, 5) is 12.6. The summed E-state index contributed by atoms with van der Waals surface area (Å²) in [6.07, 6.45) is 1.22. The number of carbonyl (C=O) groups is 1. The van der Waals surface area contributed by atoms with Crippen LogP contribution in [-0.2, 0) is 26.2 Å². The van der Waals surface area contributed by atoms with Crippen LogP contribution in [0.15, 0.2) is 33.7 Å². The average Bonchev–Trinajstić information content (AvgIpc) is 2.99. The molecule has 8 heteroatoms. The van der Waals surface area contributed by atoms with E-state index in [0.29, 0.717) is 25.1 Å². The Morgan fingerprint density at radius 1 is 1.33 bits per heavy atom. The van der Waals surface area contributed by atoms with E-state index in [9.17, 15) is 13.2 Å². The number of aromatic nitrogens is 1. The topological polar surface area (TPSA) is 89.7 Å². The normalized spacial score (nSPS) is 18.4. The third-order valence-electron chi connectivity index (χ3n) is 4.75.